The van der Waals surface area contributed by atoms with Crippen LogP contribution in [0.3, 0.4) is 0 Å². The number of nitrogens with one attached hydrogen (secondary N) is 1. The zero-order valence-corrected chi connectivity index (χ0v) is 17.0. The van der Waals surface area contributed by atoms with Crippen LogP contribution in [0.15, 0.2) is 58.6 Å². The van der Waals surface area contributed by atoms with Gasteiger partial charge in [0.25, 0.3) is 5.91 Å². The molecule has 2 aromatic carbocycles. The van der Waals surface area contributed by atoms with Crippen molar-refractivity contribution in [2.75, 3.05) is 38.2 Å². The van der Waals surface area contributed by atoms with E-state index in [2.05, 4.69) is 10.5 Å². The summed E-state index contributed by atoms with van der Waals surface area (Å²) >= 11 is 5.80. The van der Waals surface area contributed by atoms with E-state index in [9.17, 15) is 13.2 Å². The summed E-state index contributed by atoms with van der Waals surface area (Å²) in [6.45, 7) is 1.02. The number of hydrogen-bond donors (Lipinski definition) is 1. The van der Waals surface area contributed by atoms with Gasteiger partial charge >= 0.3 is 0 Å². The molecular formula is C19H20ClN3O5S. The van der Waals surface area contributed by atoms with Gasteiger partial charge in [-0.1, -0.05) is 35.0 Å². The fraction of sp³-hybridized carbons (Fsp3) is 0.263. The summed E-state index contributed by atoms with van der Waals surface area (Å²) in [4.78, 5) is 17.1. The molecule has 3 rings (SSSR count). The lowest BCUT2D eigenvalue weighted by molar-refractivity contribution is -0.120. The number of ether oxygens (including phenoxy) is 1. The normalized spacial score (nSPS) is 15.3. The van der Waals surface area contributed by atoms with Crippen molar-refractivity contribution in [3.63, 3.8) is 0 Å². The van der Waals surface area contributed by atoms with E-state index in [1.54, 1.807) is 36.4 Å². The average molecular weight is 438 g/mol. The van der Waals surface area contributed by atoms with Crippen LogP contribution in [0.2, 0.25) is 5.02 Å². The van der Waals surface area contributed by atoms with Crippen LogP contribution in [0.25, 0.3) is 0 Å². The van der Waals surface area contributed by atoms with Crippen molar-refractivity contribution in [3.05, 3.63) is 59.1 Å². The third-order valence-corrected chi connectivity index (χ3v) is 6.21. The summed E-state index contributed by atoms with van der Waals surface area (Å²) in [5, 5.41) is 6.94. The predicted octanol–water partition coefficient (Wildman–Crippen LogP) is 2.35. The molecule has 1 amide bonds. The molecule has 1 saturated heterocycles. The Hall–Kier alpha value is -2.46. The lowest BCUT2D eigenvalue weighted by atomic mass is 10.2. The molecule has 1 aliphatic rings. The van der Waals surface area contributed by atoms with Gasteiger partial charge in [-0.2, -0.15) is 4.31 Å². The molecule has 8 nitrogen and oxygen atoms in total. The van der Waals surface area contributed by atoms with Crippen molar-refractivity contribution in [2.24, 2.45) is 5.16 Å². The van der Waals surface area contributed by atoms with E-state index in [0.717, 1.165) is 5.56 Å². The Labute approximate surface area is 174 Å². The highest BCUT2D eigenvalue weighted by Gasteiger charge is 2.26. The van der Waals surface area contributed by atoms with Crippen molar-refractivity contribution in [3.8, 4) is 0 Å². The minimum absolute atomic E-state index is 0.110. The van der Waals surface area contributed by atoms with Crippen LogP contribution in [0.4, 0.5) is 5.69 Å². The summed E-state index contributed by atoms with van der Waals surface area (Å²) in [6, 6.07) is 13.0. The Bertz CT molecular complexity index is 974. The van der Waals surface area contributed by atoms with Gasteiger partial charge in [0.1, 0.15) is 0 Å². The standard InChI is InChI=1S/C19H20ClN3O5S/c20-16-6-4-15(5-7-16)13-21-28-14-19(24)22-17-2-1-3-18(12-17)29(25,26)23-8-10-27-11-9-23/h1-7,12-13H,8-11,14H2,(H,22,24)/b21-13+. The molecule has 1 fully saturated rings. The van der Waals surface area contributed by atoms with Gasteiger partial charge in [0.15, 0.2) is 6.61 Å². The molecule has 154 valence electrons. The maximum absolute atomic E-state index is 12.7. The summed E-state index contributed by atoms with van der Waals surface area (Å²) in [7, 11) is -3.64. The molecule has 1 heterocycles. The molecule has 0 aliphatic carbocycles. The summed E-state index contributed by atoms with van der Waals surface area (Å²) < 4.78 is 32.0. The molecule has 29 heavy (non-hydrogen) atoms. The smallest absolute Gasteiger partial charge is 0.265 e. The number of carbonyl (C=O) groups excluding carboxylic acids is 1. The molecule has 0 aromatic heterocycles. The summed E-state index contributed by atoms with van der Waals surface area (Å²) in [5.74, 6) is -0.459. The number of amides is 1. The number of morpholine rings is 1. The molecule has 2 aromatic rings. The third-order valence-electron chi connectivity index (χ3n) is 4.07. The van der Waals surface area contributed by atoms with Crippen LogP contribution in [-0.4, -0.2) is 57.8 Å². The van der Waals surface area contributed by atoms with E-state index >= 15 is 0 Å². The van der Waals surface area contributed by atoms with Crippen molar-refractivity contribution in [1.82, 2.24) is 4.31 Å². The van der Waals surface area contributed by atoms with Crippen LogP contribution in [-0.2, 0) is 24.4 Å². The molecule has 10 heteroatoms. The van der Waals surface area contributed by atoms with Crippen molar-refractivity contribution >= 4 is 39.4 Å². The Morgan fingerprint density at radius 3 is 2.66 bits per heavy atom. The van der Waals surface area contributed by atoms with Crippen LogP contribution >= 0.6 is 11.6 Å². The lowest BCUT2D eigenvalue weighted by Gasteiger charge is -2.26. The highest BCUT2D eigenvalue weighted by Crippen LogP contribution is 2.20. The number of benzene rings is 2. The lowest BCUT2D eigenvalue weighted by Crippen LogP contribution is -2.40. The first-order valence-corrected chi connectivity index (χ1v) is 10.7. The SMILES string of the molecule is O=C(CO/N=C/c1ccc(Cl)cc1)Nc1cccc(S(=O)(=O)N2CCOCC2)c1. The van der Waals surface area contributed by atoms with Gasteiger partial charge in [-0.25, -0.2) is 8.42 Å². The number of sulfonamides is 1. The molecule has 0 spiro atoms. The second-order valence-electron chi connectivity index (χ2n) is 6.15. The first kappa shape index (κ1) is 21.3. The fourth-order valence-electron chi connectivity index (χ4n) is 2.61. The maximum atomic E-state index is 12.7. The Kier molecular flexibility index (Phi) is 7.21. The van der Waals surface area contributed by atoms with Gasteiger partial charge in [0.2, 0.25) is 10.0 Å². The van der Waals surface area contributed by atoms with Gasteiger partial charge in [0, 0.05) is 23.8 Å². The highest BCUT2D eigenvalue weighted by molar-refractivity contribution is 7.89. The number of oxime groups is 1. The molecule has 0 atom stereocenters. The van der Waals surface area contributed by atoms with Crippen LogP contribution in [0.1, 0.15) is 5.56 Å². The average Bonchev–Trinajstić information content (AvgIpc) is 2.73. The topological polar surface area (TPSA) is 97.3 Å². The molecule has 0 bridgehead atoms. The van der Waals surface area contributed by atoms with Crippen LogP contribution in [0.5, 0.6) is 0 Å². The molecule has 0 saturated carbocycles. The van der Waals surface area contributed by atoms with Crippen LogP contribution < -0.4 is 5.32 Å². The number of anilines is 1. The minimum Gasteiger partial charge on any atom is -0.386 e. The monoisotopic (exact) mass is 437 g/mol. The first-order chi connectivity index (χ1) is 13.9. The zero-order chi connectivity index (χ0) is 20.7. The van der Waals surface area contributed by atoms with Crippen molar-refractivity contribution in [2.45, 2.75) is 4.90 Å². The zero-order valence-electron chi connectivity index (χ0n) is 15.5. The molecule has 1 aliphatic heterocycles. The van der Waals surface area contributed by atoms with Gasteiger partial charge in [-0.05, 0) is 35.9 Å². The van der Waals surface area contributed by atoms with Gasteiger partial charge in [-0.3, -0.25) is 4.79 Å². The summed E-state index contributed by atoms with van der Waals surface area (Å²) in [6.07, 6.45) is 1.46. The Morgan fingerprint density at radius 1 is 1.21 bits per heavy atom. The Balaban J connectivity index is 1.55. The third kappa shape index (κ3) is 6.01. The van der Waals surface area contributed by atoms with E-state index in [0.29, 0.717) is 37.0 Å². The van der Waals surface area contributed by atoms with Gasteiger partial charge in [-0.15, -0.1) is 0 Å². The first-order valence-electron chi connectivity index (χ1n) is 8.84. The van der Waals surface area contributed by atoms with E-state index < -0.39 is 15.9 Å². The van der Waals surface area contributed by atoms with E-state index in [1.165, 1.54) is 22.7 Å². The van der Waals surface area contributed by atoms with E-state index in [4.69, 9.17) is 21.2 Å². The second kappa shape index (κ2) is 9.84. The van der Waals surface area contributed by atoms with Crippen molar-refractivity contribution < 1.29 is 22.8 Å². The number of carbonyl (C=O) groups is 1. The largest absolute Gasteiger partial charge is 0.386 e. The quantitative estimate of drug-likeness (QED) is 0.529. The maximum Gasteiger partial charge on any atom is 0.265 e. The predicted molar refractivity (Wildman–Crippen MR) is 110 cm³/mol. The molecule has 0 radical (unpaired) electrons. The van der Waals surface area contributed by atoms with Gasteiger partial charge in [0.05, 0.1) is 24.3 Å². The molecule has 0 unspecified atom stereocenters. The van der Waals surface area contributed by atoms with Crippen molar-refractivity contribution in [1.29, 1.82) is 0 Å². The number of nitrogens with zero attached hydrogens (tertiary/aromatic N) is 2. The minimum atomic E-state index is -3.64. The Morgan fingerprint density at radius 2 is 1.93 bits per heavy atom. The molecule has 1 N–H and O–H groups in total. The van der Waals surface area contributed by atoms with E-state index in [1.807, 2.05) is 0 Å². The fourth-order valence-corrected chi connectivity index (χ4v) is 4.19. The molecular weight excluding hydrogens is 418 g/mol. The van der Waals surface area contributed by atoms with Crippen LogP contribution in [0, 0.1) is 0 Å². The number of hydrogen-bond acceptors (Lipinski definition) is 6. The number of rotatable bonds is 7. The van der Waals surface area contributed by atoms with E-state index in [-0.39, 0.29) is 11.5 Å². The number of halogens is 1. The second-order valence-corrected chi connectivity index (χ2v) is 8.53. The summed E-state index contributed by atoms with van der Waals surface area (Å²) in [5.41, 5.74) is 1.13. The highest BCUT2D eigenvalue weighted by atomic mass is 35.5. The van der Waals surface area contributed by atoms with Gasteiger partial charge < -0.3 is 14.9 Å².